The molecule has 0 saturated carbocycles. The monoisotopic (exact) mass is 302 g/mol. The fourth-order valence-electron chi connectivity index (χ4n) is 1.74. The van der Waals surface area contributed by atoms with E-state index in [0.717, 1.165) is 16.4 Å². The summed E-state index contributed by atoms with van der Waals surface area (Å²) < 4.78 is 6.26. The molecule has 0 unspecified atom stereocenters. The Balaban J connectivity index is 2.34. The van der Waals surface area contributed by atoms with Crippen molar-refractivity contribution >= 4 is 28.6 Å². The van der Waals surface area contributed by atoms with Gasteiger partial charge in [0.1, 0.15) is 5.60 Å². The standard InChI is InChI=1S/C11H11IO2/c12-8-11(7-6-10(13)14-11)9-4-2-1-3-5-9/h1-5H,6-8H2/t11-/m0/s1. The first kappa shape index (κ1) is 9.96. The second kappa shape index (κ2) is 3.88. The minimum Gasteiger partial charge on any atom is -0.453 e. The van der Waals surface area contributed by atoms with Gasteiger partial charge in [-0.25, -0.2) is 0 Å². The molecule has 2 nitrogen and oxygen atoms in total. The average Bonchev–Trinajstić information content (AvgIpc) is 2.63. The molecule has 0 amide bonds. The van der Waals surface area contributed by atoms with Gasteiger partial charge < -0.3 is 4.74 Å². The average molecular weight is 302 g/mol. The van der Waals surface area contributed by atoms with Crippen LogP contribution in [-0.2, 0) is 15.1 Å². The van der Waals surface area contributed by atoms with E-state index in [1.807, 2.05) is 30.3 Å². The third kappa shape index (κ3) is 1.65. The lowest BCUT2D eigenvalue weighted by atomic mass is 9.93. The van der Waals surface area contributed by atoms with Crippen LogP contribution in [0.25, 0.3) is 0 Å². The highest BCUT2D eigenvalue weighted by Gasteiger charge is 2.40. The van der Waals surface area contributed by atoms with Crippen LogP contribution < -0.4 is 0 Å². The number of halogens is 1. The Bertz CT molecular complexity index is 336. The molecule has 0 spiro atoms. The van der Waals surface area contributed by atoms with Crippen molar-refractivity contribution in [3.8, 4) is 0 Å². The smallest absolute Gasteiger partial charge is 0.306 e. The minimum atomic E-state index is -0.362. The maximum Gasteiger partial charge on any atom is 0.306 e. The summed E-state index contributed by atoms with van der Waals surface area (Å²) in [4.78, 5) is 11.2. The largest absolute Gasteiger partial charge is 0.453 e. The van der Waals surface area contributed by atoms with Crippen LogP contribution in [0.3, 0.4) is 0 Å². The lowest BCUT2D eigenvalue weighted by Gasteiger charge is -2.25. The summed E-state index contributed by atoms with van der Waals surface area (Å²) in [7, 11) is 0. The zero-order chi connectivity index (χ0) is 10.0. The number of alkyl halides is 1. The Morgan fingerprint density at radius 1 is 1.36 bits per heavy atom. The number of carbonyl (C=O) groups excluding carboxylic acids is 1. The quantitative estimate of drug-likeness (QED) is 0.477. The van der Waals surface area contributed by atoms with Crippen molar-refractivity contribution in [3.05, 3.63) is 35.9 Å². The van der Waals surface area contributed by atoms with Crippen molar-refractivity contribution in [3.63, 3.8) is 0 Å². The van der Waals surface area contributed by atoms with Crippen molar-refractivity contribution in [1.82, 2.24) is 0 Å². The molecular formula is C11H11IO2. The summed E-state index contributed by atoms with van der Waals surface area (Å²) in [6.07, 6.45) is 1.34. The number of ether oxygens (including phenoxy) is 1. The van der Waals surface area contributed by atoms with E-state index in [1.54, 1.807) is 0 Å². The highest BCUT2D eigenvalue weighted by molar-refractivity contribution is 14.1. The van der Waals surface area contributed by atoms with Crippen molar-refractivity contribution in [2.24, 2.45) is 0 Å². The predicted octanol–water partition coefficient (Wildman–Crippen LogP) is 2.65. The molecule has 0 aliphatic carbocycles. The van der Waals surface area contributed by atoms with E-state index in [9.17, 15) is 4.79 Å². The van der Waals surface area contributed by atoms with Gasteiger partial charge in [0.15, 0.2) is 0 Å². The Morgan fingerprint density at radius 3 is 2.57 bits per heavy atom. The van der Waals surface area contributed by atoms with Gasteiger partial charge in [-0.2, -0.15) is 0 Å². The first-order chi connectivity index (χ1) is 6.77. The molecule has 3 heteroatoms. The fourth-order valence-corrected chi connectivity index (χ4v) is 2.72. The number of cyclic esters (lactones) is 1. The Morgan fingerprint density at radius 2 is 2.07 bits per heavy atom. The van der Waals surface area contributed by atoms with Gasteiger partial charge in [0.2, 0.25) is 0 Å². The molecule has 74 valence electrons. The summed E-state index contributed by atoms with van der Waals surface area (Å²) in [6.45, 7) is 0. The predicted molar refractivity (Wildman–Crippen MR) is 62.3 cm³/mol. The van der Waals surface area contributed by atoms with E-state index in [4.69, 9.17) is 4.74 Å². The van der Waals surface area contributed by atoms with E-state index in [-0.39, 0.29) is 11.6 Å². The number of hydrogen-bond acceptors (Lipinski definition) is 2. The van der Waals surface area contributed by atoms with Crippen LogP contribution in [0.15, 0.2) is 30.3 Å². The number of hydrogen-bond donors (Lipinski definition) is 0. The lowest BCUT2D eigenvalue weighted by molar-refractivity contribution is -0.147. The van der Waals surface area contributed by atoms with E-state index in [0.29, 0.717) is 6.42 Å². The minimum absolute atomic E-state index is 0.0782. The van der Waals surface area contributed by atoms with Crippen molar-refractivity contribution in [2.45, 2.75) is 18.4 Å². The van der Waals surface area contributed by atoms with Gasteiger partial charge in [-0.05, 0) is 5.56 Å². The zero-order valence-corrected chi connectivity index (χ0v) is 9.86. The Labute approximate surface area is 96.8 Å². The molecule has 1 aromatic rings. The topological polar surface area (TPSA) is 26.3 Å². The molecule has 0 radical (unpaired) electrons. The van der Waals surface area contributed by atoms with Crippen molar-refractivity contribution < 1.29 is 9.53 Å². The normalized spacial score (nSPS) is 26.2. The Kier molecular flexibility index (Phi) is 2.76. The molecule has 0 N–H and O–H groups in total. The van der Waals surface area contributed by atoms with Crippen LogP contribution in [0.1, 0.15) is 18.4 Å². The van der Waals surface area contributed by atoms with Crippen molar-refractivity contribution in [1.29, 1.82) is 0 Å². The van der Waals surface area contributed by atoms with E-state index >= 15 is 0 Å². The summed E-state index contributed by atoms with van der Waals surface area (Å²) in [5.74, 6) is -0.0782. The maximum absolute atomic E-state index is 11.2. The number of esters is 1. The van der Waals surface area contributed by atoms with E-state index < -0.39 is 0 Å². The van der Waals surface area contributed by atoms with E-state index in [1.165, 1.54) is 0 Å². The third-order valence-corrected chi connectivity index (χ3v) is 3.79. The highest BCUT2D eigenvalue weighted by atomic mass is 127. The van der Waals surface area contributed by atoms with Gasteiger partial charge in [-0.3, -0.25) is 4.79 Å². The lowest BCUT2D eigenvalue weighted by Crippen LogP contribution is -2.27. The van der Waals surface area contributed by atoms with Crippen LogP contribution in [0.4, 0.5) is 0 Å². The second-order valence-electron chi connectivity index (χ2n) is 3.47. The molecule has 1 aliphatic rings. The molecule has 1 heterocycles. The molecule has 1 atom stereocenters. The Hall–Kier alpha value is -0.580. The molecule has 0 aromatic heterocycles. The van der Waals surface area contributed by atoms with Crippen LogP contribution >= 0.6 is 22.6 Å². The molecule has 2 rings (SSSR count). The fraction of sp³-hybridized carbons (Fsp3) is 0.364. The highest BCUT2D eigenvalue weighted by Crippen LogP contribution is 2.38. The van der Waals surface area contributed by atoms with Gasteiger partial charge in [-0.1, -0.05) is 52.9 Å². The molecule has 1 saturated heterocycles. The summed E-state index contributed by atoms with van der Waals surface area (Å²) in [6, 6.07) is 9.99. The maximum atomic E-state index is 11.2. The molecular weight excluding hydrogens is 291 g/mol. The molecule has 1 aromatic carbocycles. The van der Waals surface area contributed by atoms with Crippen LogP contribution in [0.5, 0.6) is 0 Å². The van der Waals surface area contributed by atoms with E-state index in [2.05, 4.69) is 22.6 Å². The molecule has 0 bridgehead atoms. The summed E-state index contributed by atoms with van der Waals surface area (Å²) in [5.41, 5.74) is 0.749. The number of rotatable bonds is 2. The SMILES string of the molecule is O=C1CC[C@](CI)(c2ccccc2)O1. The van der Waals surface area contributed by atoms with Crippen LogP contribution in [0, 0.1) is 0 Å². The van der Waals surface area contributed by atoms with Crippen LogP contribution in [0.2, 0.25) is 0 Å². The van der Waals surface area contributed by atoms with Crippen molar-refractivity contribution in [2.75, 3.05) is 4.43 Å². The van der Waals surface area contributed by atoms with Gasteiger partial charge in [0, 0.05) is 17.3 Å². The van der Waals surface area contributed by atoms with Crippen LogP contribution in [-0.4, -0.2) is 10.4 Å². The first-order valence-electron chi connectivity index (χ1n) is 4.60. The molecule has 1 fully saturated rings. The summed E-state index contributed by atoms with van der Waals surface area (Å²) in [5, 5.41) is 0. The third-order valence-electron chi connectivity index (χ3n) is 2.56. The van der Waals surface area contributed by atoms with Gasteiger partial charge in [0.05, 0.1) is 0 Å². The first-order valence-corrected chi connectivity index (χ1v) is 6.13. The second-order valence-corrected chi connectivity index (χ2v) is 4.23. The molecule has 14 heavy (non-hydrogen) atoms. The zero-order valence-electron chi connectivity index (χ0n) is 7.70. The number of carbonyl (C=O) groups is 1. The summed E-state index contributed by atoms with van der Waals surface area (Å²) >= 11 is 2.28. The van der Waals surface area contributed by atoms with Gasteiger partial charge in [-0.15, -0.1) is 0 Å². The molecule has 1 aliphatic heterocycles. The number of benzene rings is 1. The van der Waals surface area contributed by atoms with Gasteiger partial charge in [0.25, 0.3) is 0 Å². The van der Waals surface area contributed by atoms with Gasteiger partial charge >= 0.3 is 5.97 Å².